The van der Waals surface area contributed by atoms with E-state index in [0.29, 0.717) is 13.1 Å². The summed E-state index contributed by atoms with van der Waals surface area (Å²) in [5.74, 6) is 0. The van der Waals surface area contributed by atoms with E-state index in [9.17, 15) is 0 Å². The predicted octanol–water partition coefficient (Wildman–Crippen LogP) is -1.62. The van der Waals surface area contributed by atoms with E-state index in [0.717, 1.165) is 13.1 Å². The Bertz CT molecular complexity index is 98.2. The first-order valence-corrected chi connectivity index (χ1v) is 3.14. The van der Waals surface area contributed by atoms with Gasteiger partial charge in [-0.05, 0) is 0 Å². The topological polar surface area (TPSA) is 124 Å². The van der Waals surface area contributed by atoms with E-state index in [1.54, 1.807) is 0 Å². The van der Waals surface area contributed by atoms with Gasteiger partial charge in [0.15, 0.2) is 0 Å². The maximum absolute atomic E-state index is 7.50. The van der Waals surface area contributed by atoms with Crippen molar-refractivity contribution in [2.75, 3.05) is 26.2 Å². The zero-order valence-corrected chi connectivity index (χ0v) is 9.62. The molecule has 0 saturated carbocycles. The molecular weight excluding hydrogens is 270 g/mol. The van der Waals surface area contributed by atoms with Crippen LogP contribution in [0.4, 0.5) is 0 Å². The molecule has 5 N–H and O–H groups in total. The summed E-state index contributed by atoms with van der Waals surface area (Å²) in [6.45, 7) is 16.6. The number of hydrogen-bond donors (Lipinski definition) is 3. The van der Waals surface area contributed by atoms with Crippen LogP contribution in [0.2, 0.25) is 0 Å². The van der Waals surface area contributed by atoms with Crippen molar-refractivity contribution in [3.63, 3.8) is 0 Å². The molecule has 0 unspecified atom stereocenters. The zero-order chi connectivity index (χ0) is 11.5. The van der Waals surface area contributed by atoms with Crippen LogP contribution in [0.1, 0.15) is 0 Å². The minimum atomic E-state index is 0. The average Bonchev–Trinajstić information content (AvgIpc) is 2.27. The van der Waals surface area contributed by atoms with E-state index >= 15 is 0 Å². The Morgan fingerprint density at radius 1 is 0.786 bits per heavy atom. The summed E-state index contributed by atoms with van der Waals surface area (Å²) in [7, 11) is 0. The molecule has 0 aromatic rings. The third kappa shape index (κ3) is 95.6. The van der Waals surface area contributed by atoms with Crippen molar-refractivity contribution >= 4 is 0 Å². The Hall–Kier alpha value is -0.212. The molecule has 6 nitrogen and oxygen atoms in total. The smallest absolute Gasteiger partial charge is 0 e. The molecule has 0 spiro atoms. The van der Waals surface area contributed by atoms with Crippen LogP contribution in [0.15, 0.2) is 0 Å². The largest absolute Gasteiger partial charge is 0 e. The second kappa shape index (κ2) is 77.5. The van der Waals surface area contributed by atoms with Gasteiger partial charge in [0.1, 0.15) is 0 Å². The average molecular weight is 283 g/mol. The Morgan fingerprint density at radius 2 is 1.00 bits per heavy atom. The standard InChI is InChI=1S/C4H13N3.3CO.Mo/c5-1-3-7-4-2-6;3*1-2;/h7H,1-6H2;;;;. The number of rotatable bonds is 4. The van der Waals surface area contributed by atoms with Crippen LogP contribution in [0.3, 0.4) is 0 Å². The molecule has 0 bridgehead atoms. The van der Waals surface area contributed by atoms with Crippen molar-refractivity contribution in [3.8, 4) is 0 Å². The van der Waals surface area contributed by atoms with Crippen LogP contribution in [-0.4, -0.2) is 26.2 Å². The molecule has 0 fully saturated rings. The summed E-state index contributed by atoms with van der Waals surface area (Å²) in [6, 6.07) is 0. The van der Waals surface area contributed by atoms with Crippen molar-refractivity contribution in [3.05, 3.63) is 20.0 Å². The molecule has 7 heteroatoms. The molecule has 0 saturated heterocycles. The molecule has 14 heavy (non-hydrogen) atoms. The fourth-order valence-electron chi connectivity index (χ4n) is 0.329. The Balaban J connectivity index is -0.0000000332. The maximum Gasteiger partial charge on any atom is 0 e. The second-order valence-electron chi connectivity index (χ2n) is 1.33. The van der Waals surface area contributed by atoms with Crippen LogP contribution >= 0.6 is 0 Å². The van der Waals surface area contributed by atoms with Gasteiger partial charge in [-0.1, -0.05) is 0 Å². The predicted molar refractivity (Wildman–Crippen MR) is 42.8 cm³/mol. The SMILES string of the molecule is NCCNCCN.[C-]#[O+].[C-]#[O+].[C-]#[O+].[Mo]. The van der Waals surface area contributed by atoms with Crippen LogP contribution in [0, 0.1) is 20.0 Å². The van der Waals surface area contributed by atoms with E-state index in [2.05, 4.69) is 25.3 Å². The van der Waals surface area contributed by atoms with Crippen LogP contribution in [-0.2, 0) is 35.0 Å². The fourth-order valence-corrected chi connectivity index (χ4v) is 0.329. The van der Waals surface area contributed by atoms with E-state index in [1.807, 2.05) is 0 Å². The van der Waals surface area contributed by atoms with Crippen molar-refractivity contribution in [2.45, 2.75) is 0 Å². The molecule has 80 valence electrons. The van der Waals surface area contributed by atoms with Crippen molar-refractivity contribution in [1.82, 2.24) is 5.32 Å². The van der Waals surface area contributed by atoms with Gasteiger partial charge in [0.05, 0.1) is 0 Å². The monoisotopic (exact) mass is 285 g/mol. The summed E-state index contributed by atoms with van der Waals surface area (Å²) in [6.07, 6.45) is 0. The quantitative estimate of drug-likeness (QED) is 0.248. The summed E-state index contributed by atoms with van der Waals surface area (Å²) in [5.41, 5.74) is 10.3. The first-order chi connectivity index (χ1) is 6.41. The normalized spacial score (nSPS) is 5.14. The van der Waals surface area contributed by atoms with Crippen LogP contribution in [0.25, 0.3) is 0 Å². The number of hydrogen-bond acceptors (Lipinski definition) is 3. The number of nitrogens with one attached hydrogen (secondary N) is 1. The van der Waals surface area contributed by atoms with Gasteiger partial charge >= 0.3 is 33.9 Å². The summed E-state index contributed by atoms with van der Waals surface area (Å²) in [4.78, 5) is 0. The minimum absolute atomic E-state index is 0. The van der Waals surface area contributed by atoms with Gasteiger partial charge in [-0.25, -0.2) is 0 Å². The van der Waals surface area contributed by atoms with Crippen LogP contribution in [0.5, 0.6) is 0 Å². The van der Waals surface area contributed by atoms with E-state index < -0.39 is 0 Å². The zero-order valence-electron chi connectivity index (χ0n) is 7.62. The first kappa shape index (κ1) is 29.2. The third-order valence-corrected chi connectivity index (χ3v) is 0.642. The molecule has 0 aliphatic carbocycles. The molecule has 0 aliphatic rings. The minimum Gasteiger partial charge on any atom is 0 e. The van der Waals surface area contributed by atoms with Crippen LogP contribution < -0.4 is 16.8 Å². The van der Waals surface area contributed by atoms with Crippen molar-refractivity contribution in [2.24, 2.45) is 11.5 Å². The number of nitrogens with two attached hydrogens (primary N) is 2. The van der Waals surface area contributed by atoms with Gasteiger partial charge in [-0.15, -0.1) is 0 Å². The fraction of sp³-hybridized carbons (Fsp3) is 0.571. The van der Waals surface area contributed by atoms with Gasteiger partial charge in [-0.3, -0.25) is 0 Å². The van der Waals surface area contributed by atoms with Gasteiger partial charge in [-0.2, -0.15) is 0 Å². The Labute approximate surface area is 98.2 Å². The summed E-state index contributed by atoms with van der Waals surface area (Å²) in [5, 5.41) is 3.03. The van der Waals surface area contributed by atoms with Gasteiger partial charge < -0.3 is 16.8 Å². The van der Waals surface area contributed by atoms with E-state index in [-0.39, 0.29) is 21.1 Å². The second-order valence-corrected chi connectivity index (χ2v) is 1.33. The maximum atomic E-state index is 7.50. The molecular formula is C7H13MoN3O3. The van der Waals surface area contributed by atoms with E-state index in [1.165, 1.54) is 0 Å². The summed E-state index contributed by atoms with van der Waals surface area (Å²) < 4.78 is 22.5. The Morgan fingerprint density at radius 3 is 1.14 bits per heavy atom. The van der Waals surface area contributed by atoms with Crippen molar-refractivity contribution < 1.29 is 35.0 Å². The summed E-state index contributed by atoms with van der Waals surface area (Å²) >= 11 is 0. The molecule has 0 aromatic heterocycles. The molecule has 0 radical (unpaired) electrons. The molecule has 0 rings (SSSR count). The van der Waals surface area contributed by atoms with Gasteiger partial charge in [0, 0.05) is 47.2 Å². The molecule has 0 amide bonds. The molecule has 0 atom stereocenters. The van der Waals surface area contributed by atoms with Gasteiger partial charge in [0.25, 0.3) is 0 Å². The van der Waals surface area contributed by atoms with E-state index in [4.69, 9.17) is 25.4 Å². The third-order valence-electron chi connectivity index (χ3n) is 0.642. The molecule has 0 aromatic carbocycles. The molecule has 0 heterocycles. The Kier molecular flexibility index (Phi) is 162. The van der Waals surface area contributed by atoms with Crippen molar-refractivity contribution in [1.29, 1.82) is 0 Å². The first-order valence-electron chi connectivity index (χ1n) is 3.14. The van der Waals surface area contributed by atoms with Gasteiger partial charge in [0.2, 0.25) is 0 Å². The molecule has 0 aliphatic heterocycles.